The Labute approximate surface area is 147 Å². The number of carbonyl (C=O) groups is 1. The predicted molar refractivity (Wildman–Crippen MR) is 85.7 cm³/mol. The van der Waals surface area contributed by atoms with Gasteiger partial charge in [0.2, 0.25) is 5.43 Å². The molecular formula is C18H10F5NO3. The molecule has 0 aliphatic heterocycles. The Hall–Kier alpha value is -3.23. The highest BCUT2D eigenvalue weighted by Crippen LogP contribution is 2.31. The van der Waals surface area contributed by atoms with Crippen LogP contribution in [0.5, 0.6) is 0 Å². The lowest BCUT2D eigenvalue weighted by molar-refractivity contribution is -0.137. The van der Waals surface area contributed by atoms with E-state index in [0.717, 1.165) is 18.3 Å². The number of carboxylic acid groups (broad SMARTS) is 1. The summed E-state index contributed by atoms with van der Waals surface area (Å²) in [7, 11) is 0. The molecule has 0 aliphatic rings. The summed E-state index contributed by atoms with van der Waals surface area (Å²) in [5, 5.41) is 8.68. The third-order valence-electron chi connectivity index (χ3n) is 4.00. The maximum absolute atomic E-state index is 14.2. The van der Waals surface area contributed by atoms with Crippen LogP contribution in [0.4, 0.5) is 22.0 Å². The number of aromatic nitrogens is 1. The summed E-state index contributed by atoms with van der Waals surface area (Å²) in [5.41, 5.74) is -3.21. The zero-order chi connectivity index (χ0) is 19.9. The van der Waals surface area contributed by atoms with E-state index in [1.807, 2.05) is 0 Å². The standard InChI is InChI=1S/C18H10F5NO3/c19-13-2-1-10(18(21,22)23)6-9(13)3-8-4-11-15(14(20)5-8)24-7-12(16(11)25)17(26)27/h1-2,4-7H,3H2,(H,24,25)(H,26,27). The molecule has 0 bridgehead atoms. The molecule has 2 aromatic carbocycles. The van der Waals surface area contributed by atoms with Crippen LogP contribution in [0.25, 0.3) is 10.9 Å². The normalized spacial score (nSPS) is 11.7. The second-order valence-corrected chi connectivity index (χ2v) is 5.82. The van der Waals surface area contributed by atoms with E-state index in [2.05, 4.69) is 4.98 Å². The summed E-state index contributed by atoms with van der Waals surface area (Å²) in [6, 6.07) is 3.92. The van der Waals surface area contributed by atoms with Crippen LogP contribution in [-0.2, 0) is 12.6 Å². The van der Waals surface area contributed by atoms with Gasteiger partial charge in [-0.25, -0.2) is 13.6 Å². The van der Waals surface area contributed by atoms with Crippen molar-refractivity contribution in [1.29, 1.82) is 0 Å². The van der Waals surface area contributed by atoms with E-state index in [1.54, 1.807) is 0 Å². The molecule has 0 spiro atoms. The number of hydrogen-bond acceptors (Lipinski definition) is 2. The van der Waals surface area contributed by atoms with Crippen molar-refractivity contribution in [3.05, 3.63) is 80.6 Å². The number of alkyl halides is 3. The molecule has 1 heterocycles. The summed E-state index contributed by atoms with van der Waals surface area (Å²) >= 11 is 0. The number of aromatic amines is 1. The molecule has 0 atom stereocenters. The smallest absolute Gasteiger partial charge is 0.416 e. The number of H-pyrrole nitrogens is 1. The predicted octanol–water partition coefficient (Wildman–Crippen LogP) is 4.11. The van der Waals surface area contributed by atoms with Gasteiger partial charge in [-0.3, -0.25) is 4.79 Å². The molecular weight excluding hydrogens is 373 g/mol. The third-order valence-corrected chi connectivity index (χ3v) is 4.00. The first-order valence-corrected chi connectivity index (χ1v) is 7.50. The highest BCUT2D eigenvalue weighted by Gasteiger charge is 2.31. The number of pyridine rings is 1. The van der Waals surface area contributed by atoms with Crippen LogP contribution in [0, 0.1) is 11.6 Å². The molecule has 3 aromatic rings. The average Bonchev–Trinajstić information content (AvgIpc) is 2.56. The van der Waals surface area contributed by atoms with Gasteiger partial charge in [-0.1, -0.05) is 0 Å². The molecule has 2 N–H and O–H groups in total. The molecule has 0 saturated carbocycles. The molecule has 27 heavy (non-hydrogen) atoms. The van der Waals surface area contributed by atoms with Crippen molar-refractivity contribution < 1.29 is 31.9 Å². The molecule has 0 fully saturated rings. The molecule has 140 valence electrons. The highest BCUT2D eigenvalue weighted by molar-refractivity contribution is 5.92. The Morgan fingerprint density at radius 1 is 1.07 bits per heavy atom. The number of fused-ring (bicyclic) bond motifs is 1. The average molecular weight is 383 g/mol. The van der Waals surface area contributed by atoms with E-state index in [9.17, 15) is 31.5 Å². The van der Waals surface area contributed by atoms with Gasteiger partial charge in [0.05, 0.1) is 11.1 Å². The largest absolute Gasteiger partial charge is 0.477 e. The Morgan fingerprint density at radius 2 is 1.78 bits per heavy atom. The number of nitrogens with one attached hydrogen (secondary N) is 1. The first kappa shape index (κ1) is 18.6. The maximum Gasteiger partial charge on any atom is 0.416 e. The Kier molecular flexibility index (Phi) is 4.46. The lowest BCUT2D eigenvalue weighted by Crippen LogP contribution is -2.16. The number of hydrogen-bond donors (Lipinski definition) is 2. The van der Waals surface area contributed by atoms with E-state index < -0.39 is 46.8 Å². The van der Waals surface area contributed by atoms with Crippen LogP contribution >= 0.6 is 0 Å². The fraction of sp³-hybridized carbons (Fsp3) is 0.111. The van der Waals surface area contributed by atoms with Crippen molar-refractivity contribution >= 4 is 16.9 Å². The van der Waals surface area contributed by atoms with Gasteiger partial charge < -0.3 is 10.1 Å². The molecule has 0 amide bonds. The highest BCUT2D eigenvalue weighted by atomic mass is 19.4. The Balaban J connectivity index is 2.12. The number of halogens is 5. The first-order valence-electron chi connectivity index (χ1n) is 7.50. The SMILES string of the molecule is O=C(O)c1c[nH]c2c(F)cc(Cc3cc(C(F)(F)F)ccc3F)cc2c1=O. The minimum atomic E-state index is -4.68. The monoisotopic (exact) mass is 383 g/mol. The van der Waals surface area contributed by atoms with Crippen molar-refractivity contribution in [2.24, 2.45) is 0 Å². The lowest BCUT2D eigenvalue weighted by atomic mass is 9.99. The van der Waals surface area contributed by atoms with Crippen LogP contribution < -0.4 is 5.43 Å². The quantitative estimate of drug-likeness (QED) is 0.669. The van der Waals surface area contributed by atoms with Gasteiger partial charge in [0.25, 0.3) is 0 Å². The van der Waals surface area contributed by atoms with E-state index in [-0.39, 0.29) is 22.0 Å². The molecule has 0 aliphatic carbocycles. The van der Waals surface area contributed by atoms with Crippen molar-refractivity contribution in [1.82, 2.24) is 4.98 Å². The third kappa shape index (κ3) is 3.53. The molecule has 3 rings (SSSR count). The van der Waals surface area contributed by atoms with Crippen molar-refractivity contribution in [2.75, 3.05) is 0 Å². The van der Waals surface area contributed by atoms with Crippen LogP contribution in [0.15, 0.2) is 41.3 Å². The maximum atomic E-state index is 14.2. The fourth-order valence-corrected chi connectivity index (χ4v) is 2.71. The number of benzene rings is 2. The van der Waals surface area contributed by atoms with Gasteiger partial charge in [-0.05, 0) is 41.5 Å². The first-order chi connectivity index (χ1) is 12.6. The van der Waals surface area contributed by atoms with Crippen LogP contribution in [-0.4, -0.2) is 16.1 Å². The number of carboxylic acids is 1. The molecule has 1 aromatic heterocycles. The van der Waals surface area contributed by atoms with Gasteiger partial charge in [-0.2, -0.15) is 13.2 Å². The van der Waals surface area contributed by atoms with Crippen molar-refractivity contribution in [2.45, 2.75) is 12.6 Å². The minimum absolute atomic E-state index is 0.0197. The Bertz CT molecular complexity index is 1120. The van der Waals surface area contributed by atoms with Crippen LogP contribution in [0.1, 0.15) is 27.0 Å². The zero-order valence-electron chi connectivity index (χ0n) is 13.3. The summed E-state index contributed by atoms with van der Waals surface area (Å²) in [6.45, 7) is 0. The van der Waals surface area contributed by atoms with Gasteiger partial charge in [0.15, 0.2) is 0 Å². The second kappa shape index (κ2) is 6.49. The zero-order valence-corrected chi connectivity index (χ0v) is 13.3. The number of rotatable bonds is 3. The van der Waals surface area contributed by atoms with Gasteiger partial charge in [-0.15, -0.1) is 0 Å². The van der Waals surface area contributed by atoms with Gasteiger partial charge in [0, 0.05) is 18.0 Å². The molecule has 4 nitrogen and oxygen atoms in total. The van der Waals surface area contributed by atoms with E-state index >= 15 is 0 Å². The lowest BCUT2D eigenvalue weighted by Gasteiger charge is -2.11. The second-order valence-electron chi connectivity index (χ2n) is 5.82. The Morgan fingerprint density at radius 3 is 2.41 bits per heavy atom. The summed E-state index contributed by atoms with van der Waals surface area (Å²) in [6.07, 6.45) is -4.24. The van der Waals surface area contributed by atoms with Gasteiger partial charge >= 0.3 is 12.1 Å². The summed E-state index contributed by atoms with van der Waals surface area (Å²) < 4.78 is 66.5. The molecule has 0 radical (unpaired) electrons. The number of aromatic carboxylic acids is 1. The topological polar surface area (TPSA) is 70.2 Å². The minimum Gasteiger partial charge on any atom is -0.477 e. The van der Waals surface area contributed by atoms with E-state index in [0.29, 0.717) is 18.2 Å². The fourth-order valence-electron chi connectivity index (χ4n) is 2.71. The molecule has 0 unspecified atom stereocenters. The molecule has 0 saturated heterocycles. The van der Waals surface area contributed by atoms with E-state index in [4.69, 9.17) is 5.11 Å². The van der Waals surface area contributed by atoms with Crippen molar-refractivity contribution in [3.8, 4) is 0 Å². The molecule has 9 heteroatoms. The van der Waals surface area contributed by atoms with Crippen LogP contribution in [0.3, 0.4) is 0 Å². The van der Waals surface area contributed by atoms with Crippen molar-refractivity contribution in [3.63, 3.8) is 0 Å². The summed E-state index contributed by atoms with van der Waals surface area (Å²) in [5.74, 6) is -3.35. The summed E-state index contributed by atoms with van der Waals surface area (Å²) in [4.78, 5) is 25.6. The van der Waals surface area contributed by atoms with Gasteiger partial charge in [0.1, 0.15) is 17.2 Å². The van der Waals surface area contributed by atoms with E-state index in [1.165, 1.54) is 0 Å². The van der Waals surface area contributed by atoms with Crippen LogP contribution in [0.2, 0.25) is 0 Å².